The van der Waals surface area contributed by atoms with Gasteiger partial charge in [-0.3, -0.25) is 4.79 Å². The summed E-state index contributed by atoms with van der Waals surface area (Å²) in [7, 11) is 0. The van der Waals surface area contributed by atoms with Crippen LogP contribution in [0.1, 0.15) is 13.3 Å². The van der Waals surface area contributed by atoms with Crippen molar-refractivity contribution in [3.8, 4) is 0 Å². The number of nitrogens with one attached hydrogen (secondary N) is 1. The lowest BCUT2D eigenvalue weighted by molar-refractivity contribution is -0.119. The molecule has 2 N–H and O–H groups in total. The lowest BCUT2D eigenvalue weighted by Crippen LogP contribution is -2.34. The topological polar surface area (TPSA) is 49.3 Å². The van der Waals surface area contributed by atoms with Gasteiger partial charge in [0.25, 0.3) is 0 Å². The Bertz CT molecular complexity index is 415. The van der Waals surface area contributed by atoms with Gasteiger partial charge in [-0.25, -0.2) is 8.78 Å². The van der Waals surface area contributed by atoms with Crippen molar-refractivity contribution < 1.29 is 18.7 Å². The van der Waals surface area contributed by atoms with Crippen molar-refractivity contribution in [3.63, 3.8) is 0 Å². The standard InChI is InChI=1S/C12H15F2NO2S/c1-8(4-5-16)15-12(17)7-18-9-2-3-10(13)11(14)6-9/h2-3,6,8,16H,4-5,7H2,1H3,(H,15,17). The average Bonchev–Trinajstić information content (AvgIpc) is 2.31. The van der Waals surface area contributed by atoms with Crippen LogP contribution in [0.4, 0.5) is 8.78 Å². The van der Waals surface area contributed by atoms with Gasteiger partial charge >= 0.3 is 0 Å². The lowest BCUT2D eigenvalue weighted by atomic mass is 10.2. The molecule has 1 aromatic rings. The maximum atomic E-state index is 12.9. The summed E-state index contributed by atoms with van der Waals surface area (Å²) in [5, 5.41) is 11.4. The molecule has 3 nitrogen and oxygen atoms in total. The van der Waals surface area contributed by atoms with Crippen molar-refractivity contribution in [2.45, 2.75) is 24.3 Å². The Hall–Kier alpha value is -1.14. The number of halogens is 2. The highest BCUT2D eigenvalue weighted by atomic mass is 32.2. The van der Waals surface area contributed by atoms with E-state index in [2.05, 4.69) is 5.32 Å². The molecule has 1 unspecified atom stereocenters. The molecule has 0 saturated carbocycles. The van der Waals surface area contributed by atoms with Crippen LogP contribution >= 0.6 is 11.8 Å². The number of rotatable bonds is 6. The van der Waals surface area contributed by atoms with Crippen molar-refractivity contribution in [2.24, 2.45) is 0 Å². The van der Waals surface area contributed by atoms with Gasteiger partial charge in [-0.15, -0.1) is 11.8 Å². The molecule has 18 heavy (non-hydrogen) atoms. The Labute approximate surface area is 109 Å². The number of thioether (sulfide) groups is 1. The highest BCUT2D eigenvalue weighted by Crippen LogP contribution is 2.20. The summed E-state index contributed by atoms with van der Waals surface area (Å²) < 4.78 is 25.6. The normalized spacial score (nSPS) is 12.2. The third kappa shape index (κ3) is 5.01. The van der Waals surface area contributed by atoms with Gasteiger partial charge in [0.05, 0.1) is 5.75 Å². The minimum atomic E-state index is -0.922. The fourth-order valence-electron chi connectivity index (χ4n) is 1.30. The molecule has 6 heteroatoms. The second kappa shape index (κ2) is 7.33. The zero-order chi connectivity index (χ0) is 13.5. The molecule has 0 radical (unpaired) electrons. The molecular weight excluding hydrogens is 260 g/mol. The SMILES string of the molecule is CC(CCO)NC(=O)CSc1ccc(F)c(F)c1. The summed E-state index contributed by atoms with van der Waals surface area (Å²) in [5.74, 6) is -1.90. The summed E-state index contributed by atoms with van der Waals surface area (Å²) in [6, 6.07) is 3.41. The van der Waals surface area contributed by atoms with E-state index in [0.717, 1.165) is 23.9 Å². The summed E-state index contributed by atoms with van der Waals surface area (Å²) in [5.41, 5.74) is 0. The zero-order valence-corrected chi connectivity index (χ0v) is 10.8. The van der Waals surface area contributed by atoms with Crippen molar-refractivity contribution in [1.82, 2.24) is 5.32 Å². The van der Waals surface area contributed by atoms with E-state index < -0.39 is 11.6 Å². The lowest BCUT2D eigenvalue weighted by Gasteiger charge is -2.12. The Balaban J connectivity index is 2.40. The molecule has 1 rings (SSSR count). The number of hydrogen-bond acceptors (Lipinski definition) is 3. The van der Waals surface area contributed by atoms with E-state index in [1.54, 1.807) is 6.92 Å². The Kier molecular flexibility index (Phi) is 6.07. The third-order valence-corrected chi connectivity index (χ3v) is 3.22. The van der Waals surface area contributed by atoms with E-state index in [-0.39, 0.29) is 24.3 Å². The quantitative estimate of drug-likeness (QED) is 0.780. The first-order valence-corrected chi connectivity index (χ1v) is 6.49. The highest BCUT2D eigenvalue weighted by Gasteiger charge is 2.08. The van der Waals surface area contributed by atoms with Gasteiger partial charge in [-0.1, -0.05) is 0 Å². The predicted octanol–water partition coefficient (Wildman–Crippen LogP) is 1.94. The molecule has 1 aromatic carbocycles. The van der Waals surface area contributed by atoms with Gasteiger partial charge in [0.2, 0.25) is 5.91 Å². The summed E-state index contributed by atoms with van der Waals surface area (Å²) in [4.78, 5) is 12.0. The Morgan fingerprint density at radius 2 is 2.17 bits per heavy atom. The molecule has 0 aliphatic rings. The number of hydrogen-bond donors (Lipinski definition) is 2. The number of amides is 1. The van der Waals surface area contributed by atoms with Crippen LogP contribution in [-0.4, -0.2) is 29.4 Å². The van der Waals surface area contributed by atoms with E-state index in [0.29, 0.717) is 11.3 Å². The first kappa shape index (κ1) is 14.9. The van der Waals surface area contributed by atoms with Crippen LogP contribution in [0.15, 0.2) is 23.1 Å². The number of aliphatic hydroxyl groups is 1. The van der Waals surface area contributed by atoms with Crippen LogP contribution < -0.4 is 5.32 Å². The predicted molar refractivity (Wildman–Crippen MR) is 66.4 cm³/mol. The van der Waals surface area contributed by atoms with Gasteiger partial charge in [0, 0.05) is 17.5 Å². The molecule has 0 fully saturated rings. The van der Waals surface area contributed by atoms with E-state index in [9.17, 15) is 13.6 Å². The molecule has 1 atom stereocenters. The Morgan fingerprint density at radius 1 is 1.44 bits per heavy atom. The molecule has 0 saturated heterocycles. The minimum absolute atomic E-state index is 0.0117. The minimum Gasteiger partial charge on any atom is -0.396 e. The van der Waals surface area contributed by atoms with E-state index in [1.807, 2.05) is 0 Å². The molecule has 1 amide bonds. The van der Waals surface area contributed by atoms with Gasteiger partial charge in [0.1, 0.15) is 0 Å². The fraction of sp³-hybridized carbons (Fsp3) is 0.417. The first-order valence-electron chi connectivity index (χ1n) is 5.51. The summed E-state index contributed by atoms with van der Waals surface area (Å²) >= 11 is 1.13. The van der Waals surface area contributed by atoms with E-state index in [1.165, 1.54) is 6.07 Å². The number of benzene rings is 1. The molecule has 0 spiro atoms. The maximum Gasteiger partial charge on any atom is 0.230 e. The summed E-state index contributed by atoms with van der Waals surface area (Å²) in [6.07, 6.45) is 0.488. The van der Waals surface area contributed by atoms with E-state index >= 15 is 0 Å². The maximum absolute atomic E-state index is 12.9. The molecule has 0 aromatic heterocycles. The summed E-state index contributed by atoms with van der Waals surface area (Å²) in [6.45, 7) is 1.80. The van der Waals surface area contributed by atoms with Gasteiger partial charge in [-0.2, -0.15) is 0 Å². The largest absolute Gasteiger partial charge is 0.396 e. The average molecular weight is 275 g/mol. The van der Waals surface area contributed by atoms with Gasteiger partial charge in [0.15, 0.2) is 11.6 Å². The molecule has 100 valence electrons. The van der Waals surface area contributed by atoms with Crippen molar-refractivity contribution in [2.75, 3.05) is 12.4 Å². The second-order valence-corrected chi connectivity index (χ2v) is 4.89. The van der Waals surface area contributed by atoms with Crippen LogP contribution in [0, 0.1) is 11.6 Å². The van der Waals surface area contributed by atoms with Crippen LogP contribution in [-0.2, 0) is 4.79 Å². The molecular formula is C12H15F2NO2S. The van der Waals surface area contributed by atoms with Crippen LogP contribution in [0.5, 0.6) is 0 Å². The van der Waals surface area contributed by atoms with E-state index in [4.69, 9.17) is 5.11 Å². The van der Waals surface area contributed by atoms with Crippen LogP contribution in [0.3, 0.4) is 0 Å². The highest BCUT2D eigenvalue weighted by molar-refractivity contribution is 8.00. The van der Waals surface area contributed by atoms with Crippen LogP contribution in [0.2, 0.25) is 0 Å². The van der Waals surface area contributed by atoms with Gasteiger partial charge in [-0.05, 0) is 31.5 Å². The van der Waals surface area contributed by atoms with Crippen molar-refractivity contribution in [1.29, 1.82) is 0 Å². The molecule has 0 aliphatic heterocycles. The Morgan fingerprint density at radius 3 is 2.78 bits per heavy atom. The third-order valence-electron chi connectivity index (χ3n) is 2.23. The van der Waals surface area contributed by atoms with Crippen molar-refractivity contribution >= 4 is 17.7 Å². The number of aliphatic hydroxyl groups excluding tert-OH is 1. The smallest absolute Gasteiger partial charge is 0.230 e. The van der Waals surface area contributed by atoms with Crippen molar-refractivity contribution in [3.05, 3.63) is 29.8 Å². The number of carbonyl (C=O) groups is 1. The molecule has 0 aliphatic carbocycles. The van der Waals surface area contributed by atoms with Gasteiger partial charge < -0.3 is 10.4 Å². The second-order valence-electron chi connectivity index (χ2n) is 3.85. The van der Waals surface area contributed by atoms with Crippen LogP contribution in [0.25, 0.3) is 0 Å². The fourth-order valence-corrected chi connectivity index (χ4v) is 2.03. The first-order chi connectivity index (χ1) is 8.52. The zero-order valence-electron chi connectivity index (χ0n) is 9.95. The monoisotopic (exact) mass is 275 g/mol. The molecule has 0 heterocycles. The number of carbonyl (C=O) groups excluding carboxylic acids is 1. The molecule has 0 bridgehead atoms.